The minimum absolute atomic E-state index is 0.144. The van der Waals surface area contributed by atoms with Gasteiger partial charge in [-0.25, -0.2) is 9.97 Å². The van der Waals surface area contributed by atoms with Gasteiger partial charge in [0.1, 0.15) is 11.6 Å². The predicted octanol–water partition coefficient (Wildman–Crippen LogP) is 8.07. The molecular formula is C30H39N5S. The molecule has 0 spiro atoms. The number of benzene rings is 2. The molecule has 36 heavy (non-hydrogen) atoms. The minimum atomic E-state index is 0.144. The molecular weight excluding hydrogens is 462 g/mol. The lowest BCUT2D eigenvalue weighted by Crippen LogP contribution is -2.26. The summed E-state index contributed by atoms with van der Waals surface area (Å²) in [7, 11) is 0. The predicted molar refractivity (Wildman–Crippen MR) is 154 cm³/mol. The van der Waals surface area contributed by atoms with E-state index in [4.69, 9.17) is 4.98 Å². The summed E-state index contributed by atoms with van der Waals surface area (Å²) in [5.74, 6) is 3.04. The summed E-state index contributed by atoms with van der Waals surface area (Å²) >= 11 is 1.76. The largest absolute Gasteiger partial charge is 0.342 e. The van der Waals surface area contributed by atoms with Crippen LogP contribution >= 0.6 is 11.9 Å². The van der Waals surface area contributed by atoms with Gasteiger partial charge in [-0.15, -0.1) is 0 Å². The van der Waals surface area contributed by atoms with E-state index in [1.165, 1.54) is 11.1 Å². The van der Waals surface area contributed by atoms with Gasteiger partial charge < -0.3 is 9.97 Å². The Bertz CT molecular complexity index is 1240. The van der Waals surface area contributed by atoms with Crippen LogP contribution in [0, 0.1) is 11.8 Å². The van der Waals surface area contributed by atoms with Gasteiger partial charge in [0, 0.05) is 11.2 Å². The van der Waals surface area contributed by atoms with Gasteiger partial charge >= 0.3 is 0 Å². The van der Waals surface area contributed by atoms with Crippen molar-refractivity contribution in [3.63, 3.8) is 0 Å². The van der Waals surface area contributed by atoms with E-state index in [1.54, 1.807) is 11.9 Å². The molecule has 2 aromatic carbocycles. The fourth-order valence-electron chi connectivity index (χ4n) is 4.07. The van der Waals surface area contributed by atoms with Gasteiger partial charge in [-0.1, -0.05) is 88.2 Å². The van der Waals surface area contributed by atoms with Crippen LogP contribution in [-0.2, 0) is 6.42 Å². The van der Waals surface area contributed by atoms with Crippen molar-refractivity contribution in [2.24, 2.45) is 11.8 Å². The zero-order chi connectivity index (χ0) is 25.9. The maximum Gasteiger partial charge on any atom is 0.124 e. The molecule has 2 aromatic heterocycles. The zero-order valence-corrected chi connectivity index (χ0v) is 23.3. The van der Waals surface area contributed by atoms with Crippen molar-refractivity contribution in [1.29, 1.82) is 0 Å². The number of nitrogens with one attached hydrogen (secondary N) is 3. The van der Waals surface area contributed by atoms with Crippen LogP contribution in [0.25, 0.3) is 33.6 Å². The van der Waals surface area contributed by atoms with Crippen LogP contribution in [0.2, 0.25) is 0 Å². The molecule has 0 aliphatic heterocycles. The van der Waals surface area contributed by atoms with Crippen LogP contribution in [0.5, 0.6) is 0 Å². The summed E-state index contributed by atoms with van der Waals surface area (Å²) in [4.78, 5) is 16.2. The Kier molecular flexibility index (Phi) is 8.06. The van der Waals surface area contributed by atoms with Crippen LogP contribution < -0.4 is 4.72 Å². The Labute approximate surface area is 220 Å². The monoisotopic (exact) mass is 501 g/mol. The highest BCUT2D eigenvalue weighted by Crippen LogP contribution is 2.30. The molecule has 0 aliphatic carbocycles. The molecule has 4 aromatic rings. The average Bonchev–Trinajstić information content (AvgIpc) is 3.48. The third-order valence-corrected chi connectivity index (χ3v) is 6.99. The summed E-state index contributed by atoms with van der Waals surface area (Å²) in [6.07, 6.45) is 4.84. The van der Waals surface area contributed by atoms with Crippen molar-refractivity contribution in [2.75, 3.05) is 0 Å². The number of rotatable bonds is 9. The zero-order valence-electron chi connectivity index (χ0n) is 22.5. The number of nitrogens with zero attached hydrogens (tertiary/aromatic N) is 2. The lowest BCUT2D eigenvalue weighted by atomic mass is 10.0. The summed E-state index contributed by atoms with van der Waals surface area (Å²) in [6.45, 7) is 15.5. The first kappa shape index (κ1) is 26.2. The second-order valence-corrected chi connectivity index (χ2v) is 12.9. The number of aromatic nitrogens is 4. The molecule has 0 saturated carbocycles. The highest BCUT2D eigenvalue weighted by Gasteiger charge is 2.22. The summed E-state index contributed by atoms with van der Waals surface area (Å²) in [6, 6.07) is 17.5. The molecule has 0 fully saturated rings. The molecule has 0 amide bonds. The molecule has 3 N–H and O–H groups in total. The molecule has 2 heterocycles. The topological polar surface area (TPSA) is 69.4 Å². The van der Waals surface area contributed by atoms with Crippen LogP contribution in [0.3, 0.4) is 0 Å². The van der Waals surface area contributed by atoms with Gasteiger partial charge in [-0.2, -0.15) is 0 Å². The standard InChI is InChI=1S/C30H39N5S/c1-19(2)16-27-31-17-25(33-27)23-12-8-21(9-13-23)22-10-14-24(15-11-22)26-18-32-29(34-26)28(20(3)4)35-36-30(5,6)7/h8-15,17-20,28,35H,16H2,1-7H3,(H,31,33)(H,32,34)/t28-/m0/s1. The minimum Gasteiger partial charge on any atom is -0.342 e. The number of imidazole rings is 2. The quantitative estimate of drug-likeness (QED) is 0.203. The van der Waals surface area contributed by atoms with E-state index >= 15 is 0 Å². The third-order valence-electron chi connectivity index (χ3n) is 6.00. The SMILES string of the molecule is CC(C)Cc1ncc(-c2ccc(-c3ccc(-c4cnc([C@@H](NSC(C)(C)C)C(C)C)[nH]4)cc3)cc2)[nH]1. The Morgan fingerprint density at radius 1 is 0.750 bits per heavy atom. The average molecular weight is 502 g/mol. The van der Waals surface area contributed by atoms with E-state index < -0.39 is 0 Å². The summed E-state index contributed by atoms with van der Waals surface area (Å²) in [5.41, 5.74) is 6.78. The number of H-pyrrole nitrogens is 2. The molecule has 1 atom stereocenters. The normalized spacial score (nSPS) is 13.0. The lowest BCUT2D eigenvalue weighted by Gasteiger charge is -2.25. The summed E-state index contributed by atoms with van der Waals surface area (Å²) in [5, 5.41) is 0. The van der Waals surface area contributed by atoms with Crippen LogP contribution in [0.15, 0.2) is 60.9 Å². The van der Waals surface area contributed by atoms with Gasteiger partial charge in [0.05, 0.1) is 29.8 Å². The van der Waals surface area contributed by atoms with E-state index in [0.717, 1.165) is 40.6 Å². The fraction of sp³-hybridized carbons (Fsp3) is 0.400. The Morgan fingerprint density at radius 3 is 1.75 bits per heavy atom. The first-order chi connectivity index (χ1) is 17.1. The van der Waals surface area contributed by atoms with E-state index in [0.29, 0.717) is 11.8 Å². The molecule has 0 saturated heterocycles. The van der Waals surface area contributed by atoms with Crippen molar-refractivity contribution >= 4 is 11.9 Å². The first-order valence-electron chi connectivity index (χ1n) is 12.8. The summed E-state index contributed by atoms with van der Waals surface area (Å²) < 4.78 is 3.76. The highest BCUT2D eigenvalue weighted by atomic mass is 32.2. The van der Waals surface area contributed by atoms with E-state index in [2.05, 4.69) is 117 Å². The molecule has 0 aliphatic rings. The molecule has 0 radical (unpaired) electrons. The molecule has 190 valence electrons. The van der Waals surface area contributed by atoms with Crippen molar-refractivity contribution in [3.8, 4) is 33.6 Å². The maximum absolute atomic E-state index is 4.71. The van der Waals surface area contributed by atoms with Crippen molar-refractivity contribution in [1.82, 2.24) is 24.7 Å². The number of aromatic amines is 2. The second-order valence-electron chi connectivity index (χ2n) is 11.2. The Morgan fingerprint density at radius 2 is 1.25 bits per heavy atom. The molecule has 5 nitrogen and oxygen atoms in total. The molecule has 4 rings (SSSR count). The van der Waals surface area contributed by atoms with Crippen molar-refractivity contribution < 1.29 is 0 Å². The maximum atomic E-state index is 4.71. The van der Waals surface area contributed by atoms with Crippen molar-refractivity contribution in [2.45, 2.75) is 65.7 Å². The van der Waals surface area contributed by atoms with Gasteiger partial charge in [-0.05, 0) is 54.9 Å². The number of hydrogen-bond acceptors (Lipinski definition) is 4. The van der Waals surface area contributed by atoms with Gasteiger partial charge in [0.2, 0.25) is 0 Å². The Hall–Kier alpha value is -2.83. The van der Waals surface area contributed by atoms with E-state index in [1.807, 2.05) is 12.4 Å². The number of hydrogen-bond donors (Lipinski definition) is 3. The van der Waals surface area contributed by atoms with Crippen molar-refractivity contribution in [3.05, 3.63) is 72.6 Å². The molecule has 0 unspecified atom stereocenters. The van der Waals surface area contributed by atoms with Gasteiger partial charge in [0.15, 0.2) is 0 Å². The third kappa shape index (κ3) is 6.68. The molecule has 0 bridgehead atoms. The van der Waals surface area contributed by atoms with Gasteiger partial charge in [-0.3, -0.25) is 4.72 Å². The van der Waals surface area contributed by atoms with Crippen LogP contribution in [-0.4, -0.2) is 24.7 Å². The van der Waals surface area contributed by atoms with Crippen LogP contribution in [0.4, 0.5) is 0 Å². The van der Waals surface area contributed by atoms with Gasteiger partial charge in [0.25, 0.3) is 0 Å². The molecule has 6 heteroatoms. The van der Waals surface area contributed by atoms with E-state index in [-0.39, 0.29) is 10.8 Å². The smallest absolute Gasteiger partial charge is 0.124 e. The van der Waals surface area contributed by atoms with E-state index in [9.17, 15) is 0 Å². The highest BCUT2D eigenvalue weighted by molar-refractivity contribution is 7.98. The first-order valence-corrected chi connectivity index (χ1v) is 13.6. The van der Waals surface area contributed by atoms with Crippen LogP contribution in [0.1, 0.15) is 66.2 Å². The Balaban J connectivity index is 1.46. The second kappa shape index (κ2) is 11.1. The lowest BCUT2D eigenvalue weighted by molar-refractivity contribution is 0.465. The fourth-order valence-corrected chi connectivity index (χ4v) is 4.94.